The van der Waals surface area contributed by atoms with Crippen LogP contribution in [0.3, 0.4) is 0 Å². The zero-order valence-corrected chi connectivity index (χ0v) is 17.5. The second-order valence-corrected chi connectivity index (χ2v) is 7.47. The SMILES string of the molecule is CN(C)c1cccc(C(=O)NCCn2ncc3c(=O)n(Cc4ccccc4)cnc32)c1. The van der Waals surface area contributed by atoms with E-state index >= 15 is 0 Å². The van der Waals surface area contributed by atoms with Gasteiger partial charge in [-0.15, -0.1) is 0 Å². The summed E-state index contributed by atoms with van der Waals surface area (Å²) >= 11 is 0. The van der Waals surface area contributed by atoms with Crippen molar-refractivity contribution in [3.05, 3.63) is 88.6 Å². The molecule has 0 unspecified atom stereocenters. The lowest BCUT2D eigenvalue weighted by atomic mass is 10.2. The molecule has 0 aliphatic carbocycles. The number of amides is 1. The molecule has 0 saturated heterocycles. The number of hydrogen-bond donors (Lipinski definition) is 1. The van der Waals surface area contributed by atoms with Crippen LogP contribution in [0.25, 0.3) is 11.0 Å². The largest absolute Gasteiger partial charge is 0.378 e. The first-order chi connectivity index (χ1) is 15.0. The summed E-state index contributed by atoms with van der Waals surface area (Å²) in [5.74, 6) is -0.154. The quantitative estimate of drug-likeness (QED) is 0.499. The summed E-state index contributed by atoms with van der Waals surface area (Å²) in [5.41, 5.74) is 2.96. The van der Waals surface area contributed by atoms with Gasteiger partial charge in [-0.3, -0.25) is 14.2 Å². The highest BCUT2D eigenvalue weighted by atomic mass is 16.1. The van der Waals surface area contributed by atoms with Crippen LogP contribution in [0.15, 0.2) is 71.9 Å². The molecular formula is C23H24N6O2. The summed E-state index contributed by atoms with van der Waals surface area (Å²) in [7, 11) is 3.86. The van der Waals surface area contributed by atoms with Gasteiger partial charge in [0, 0.05) is 31.9 Å². The number of nitrogens with zero attached hydrogens (tertiary/aromatic N) is 5. The van der Waals surface area contributed by atoms with Crippen LogP contribution >= 0.6 is 0 Å². The molecule has 0 aliphatic heterocycles. The standard InChI is InChI=1S/C23H24N6O2/c1-27(2)19-10-6-9-18(13-19)22(30)24-11-12-29-21-20(14-26-29)23(31)28(16-25-21)15-17-7-4-3-5-8-17/h3-10,13-14,16H,11-12,15H2,1-2H3,(H,24,30). The second kappa shape index (κ2) is 8.83. The molecule has 8 heteroatoms. The lowest BCUT2D eigenvalue weighted by Crippen LogP contribution is -2.28. The van der Waals surface area contributed by atoms with E-state index in [9.17, 15) is 9.59 Å². The van der Waals surface area contributed by atoms with Crippen molar-refractivity contribution >= 4 is 22.6 Å². The molecule has 0 spiro atoms. The second-order valence-electron chi connectivity index (χ2n) is 7.47. The van der Waals surface area contributed by atoms with Gasteiger partial charge in [-0.1, -0.05) is 36.4 Å². The maximum atomic E-state index is 12.8. The van der Waals surface area contributed by atoms with Crippen LogP contribution in [0, 0.1) is 0 Å². The van der Waals surface area contributed by atoms with E-state index in [0.717, 1.165) is 11.3 Å². The summed E-state index contributed by atoms with van der Waals surface area (Å²) in [6, 6.07) is 17.2. The van der Waals surface area contributed by atoms with E-state index in [0.29, 0.717) is 36.2 Å². The van der Waals surface area contributed by atoms with Crippen molar-refractivity contribution < 1.29 is 4.79 Å². The van der Waals surface area contributed by atoms with Crippen LogP contribution in [-0.2, 0) is 13.1 Å². The first kappa shape index (κ1) is 20.3. The van der Waals surface area contributed by atoms with E-state index in [1.165, 1.54) is 6.20 Å². The monoisotopic (exact) mass is 416 g/mol. The van der Waals surface area contributed by atoms with Crippen molar-refractivity contribution in [3.63, 3.8) is 0 Å². The molecule has 2 heterocycles. The number of aromatic nitrogens is 4. The third-order valence-electron chi connectivity index (χ3n) is 5.05. The Labute approximate surface area is 179 Å². The molecule has 0 fully saturated rings. The number of carbonyl (C=O) groups excluding carboxylic acids is 1. The summed E-state index contributed by atoms with van der Waals surface area (Å²) in [4.78, 5) is 31.6. The average molecular weight is 416 g/mol. The lowest BCUT2D eigenvalue weighted by molar-refractivity contribution is 0.0952. The van der Waals surface area contributed by atoms with Crippen molar-refractivity contribution in [2.45, 2.75) is 13.1 Å². The Morgan fingerprint density at radius 2 is 1.90 bits per heavy atom. The maximum Gasteiger partial charge on any atom is 0.264 e. The van der Waals surface area contributed by atoms with Gasteiger partial charge in [0.05, 0.1) is 19.3 Å². The van der Waals surface area contributed by atoms with Crippen molar-refractivity contribution in [3.8, 4) is 0 Å². The molecule has 0 aliphatic rings. The predicted molar refractivity (Wildman–Crippen MR) is 120 cm³/mol. The molecule has 0 radical (unpaired) electrons. The van der Waals surface area contributed by atoms with Crippen LogP contribution < -0.4 is 15.8 Å². The lowest BCUT2D eigenvalue weighted by Gasteiger charge is -2.13. The number of anilines is 1. The van der Waals surface area contributed by atoms with E-state index in [1.54, 1.807) is 21.6 Å². The van der Waals surface area contributed by atoms with Gasteiger partial charge in [-0.2, -0.15) is 5.10 Å². The predicted octanol–water partition coefficient (Wildman–Crippen LogP) is 2.14. The van der Waals surface area contributed by atoms with E-state index in [1.807, 2.05) is 67.5 Å². The van der Waals surface area contributed by atoms with Gasteiger partial charge in [0.15, 0.2) is 5.65 Å². The molecule has 0 atom stereocenters. The third-order valence-corrected chi connectivity index (χ3v) is 5.05. The van der Waals surface area contributed by atoms with Crippen LogP contribution in [0.5, 0.6) is 0 Å². The Kier molecular flexibility index (Phi) is 5.79. The molecule has 4 aromatic rings. The van der Waals surface area contributed by atoms with E-state index in [2.05, 4.69) is 15.4 Å². The molecule has 2 aromatic heterocycles. The number of rotatable bonds is 7. The Morgan fingerprint density at radius 1 is 1.10 bits per heavy atom. The molecule has 0 saturated carbocycles. The summed E-state index contributed by atoms with van der Waals surface area (Å²) in [6.45, 7) is 1.24. The average Bonchev–Trinajstić information content (AvgIpc) is 3.20. The Balaban J connectivity index is 1.43. The van der Waals surface area contributed by atoms with Crippen LogP contribution in [0.4, 0.5) is 5.69 Å². The summed E-state index contributed by atoms with van der Waals surface area (Å²) in [5, 5.41) is 7.65. The van der Waals surface area contributed by atoms with Crippen molar-refractivity contribution in [1.29, 1.82) is 0 Å². The Hall–Kier alpha value is -3.94. The zero-order chi connectivity index (χ0) is 21.8. The van der Waals surface area contributed by atoms with E-state index in [-0.39, 0.29) is 11.5 Å². The van der Waals surface area contributed by atoms with Crippen LogP contribution in [-0.4, -0.2) is 45.9 Å². The van der Waals surface area contributed by atoms with Gasteiger partial charge in [0.2, 0.25) is 0 Å². The Morgan fingerprint density at radius 3 is 2.68 bits per heavy atom. The molecule has 4 rings (SSSR count). The van der Waals surface area contributed by atoms with Crippen molar-refractivity contribution in [2.75, 3.05) is 25.5 Å². The minimum Gasteiger partial charge on any atom is -0.378 e. The smallest absolute Gasteiger partial charge is 0.264 e. The summed E-state index contributed by atoms with van der Waals surface area (Å²) in [6.07, 6.45) is 3.08. The topological polar surface area (TPSA) is 85.0 Å². The molecule has 0 bridgehead atoms. The fraction of sp³-hybridized carbons (Fsp3) is 0.217. The maximum absolute atomic E-state index is 12.8. The van der Waals surface area contributed by atoms with E-state index < -0.39 is 0 Å². The van der Waals surface area contributed by atoms with Gasteiger partial charge >= 0.3 is 0 Å². The number of benzene rings is 2. The first-order valence-corrected chi connectivity index (χ1v) is 10.0. The van der Waals surface area contributed by atoms with Crippen LogP contribution in [0.1, 0.15) is 15.9 Å². The van der Waals surface area contributed by atoms with Gasteiger partial charge in [0.1, 0.15) is 11.7 Å². The van der Waals surface area contributed by atoms with Gasteiger partial charge in [-0.25, -0.2) is 9.67 Å². The molecular weight excluding hydrogens is 392 g/mol. The highest BCUT2D eigenvalue weighted by Crippen LogP contribution is 2.13. The number of nitrogens with one attached hydrogen (secondary N) is 1. The molecule has 1 amide bonds. The normalized spacial score (nSPS) is 10.9. The minimum absolute atomic E-state index is 0.135. The number of fused-ring (bicyclic) bond motifs is 1. The van der Waals surface area contributed by atoms with Crippen molar-refractivity contribution in [2.24, 2.45) is 0 Å². The van der Waals surface area contributed by atoms with E-state index in [4.69, 9.17) is 0 Å². The van der Waals surface area contributed by atoms with Crippen molar-refractivity contribution in [1.82, 2.24) is 24.6 Å². The number of hydrogen-bond acceptors (Lipinski definition) is 5. The number of carbonyl (C=O) groups is 1. The molecule has 1 N–H and O–H groups in total. The minimum atomic E-state index is -0.154. The summed E-state index contributed by atoms with van der Waals surface area (Å²) < 4.78 is 3.21. The highest BCUT2D eigenvalue weighted by molar-refractivity contribution is 5.95. The first-order valence-electron chi connectivity index (χ1n) is 10.0. The fourth-order valence-corrected chi connectivity index (χ4v) is 3.36. The van der Waals surface area contributed by atoms with Gasteiger partial charge in [-0.05, 0) is 23.8 Å². The molecule has 31 heavy (non-hydrogen) atoms. The third kappa shape index (κ3) is 4.48. The Bertz CT molecular complexity index is 1260. The molecule has 158 valence electrons. The fourth-order valence-electron chi connectivity index (χ4n) is 3.36. The van der Waals surface area contributed by atoms with Gasteiger partial charge < -0.3 is 10.2 Å². The molecule has 8 nitrogen and oxygen atoms in total. The zero-order valence-electron chi connectivity index (χ0n) is 17.5. The van der Waals surface area contributed by atoms with Gasteiger partial charge in [0.25, 0.3) is 11.5 Å². The highest BCUT2D eigenvalue weighted by Gasteiger charge is 2.11. The molecule has 2 aromatic carbocycles. The van der Waals surface area contributed by atoms with Crippen LogP contribution in [0.2, 0.25) is 0 Å².